The number of hydrogen-bond donors (Lipinski definition) is 1. The summed E-state index contributed by atoms with van der Waals surface area (Å²) in [5.41, 5.74) is 6.91. The lowest BCUT2D eigenvalue weighted by molar-refractivity contribution is 0.0380. The average Bonchev–Trinajstić information content (AvgIpc) is 3.25. The second-order valence-electron chi connectivity index (χ2n) is 8.67. The van der Waals surface area contributed by atoms with Crippen LogP contribution in [0.5, 0.6) is 0 Å². The molecule has 0 radical (unpaired) electrons. The van der Waals surface area contributed by atoms with Crippen LogP contribution in [0.1, 0.15) is 54.0 Å². The van der Waals surface area contributed by atoms with Gasteiger partial charge in [-0.3, -0.25) is 14.9 Å². The lowest BCUT2D eigenvalue weighted by Gasteiger charge is -2.32. The highest BCUT2D eigenvalue weighted by molar-refractivity contribution is 5.83. The Labute approximate surface area is 166 Å². The van der Waals surface area contributed by atoms with Crippen LogP contribution in [0.4, 0.5) is 0 Å². The van der Waals surface area contributed by atoms with E-state index in [9.17, 15) is 5.11 Å². The largest absolute Gasteiger partial charge is 0.384 e. The van der Waals surface area contributed by atoms with Crippen LogP contribution in [0.3, 0.4) is 0 Å². The van der Waals surface area contributed by atoms with Crippen LogP contribution in [0.25, 0.3) is 11.0 Å². The first-order chi connectivity index (χ1) is 13.4. The van der Waals surface area contributed by atoms with E-state index in [1.165, 1.54) is 30.6 Å². The number of aryl methyl sites for hydroxylation is 2. The average molecular weight is 377 g/mol. The van der Waals surface area contributed by atoms with Crippen LogP contribution in [0, 0.1) is 13.8 Å². The molecule has 1 saturated heterocycles. The number of aliphatic hydroxyl groups is 1. The Morgan fingerprint density at radius 3 is 2.75 bits per heavy atom. The highest BCUT2D eigenvalue weighted by atomic mass is 16.3. The third-order valence-electron chi connectivity index (χ3n) is 6.53. The predicted octanol–water partition coefficient (Wildman–Crippen LogP) is 3.65. The van der Waals surface area contributed by atoms with Gasteiger partial charge in [0.15, 0.2) is 0 Å². The van der Waals surface area contributed by atoms with Crippen molar-refractivity contribution in [3.8, 4) is 0 Å². The van der Waals surface area contributed by atoms with E-state index in [0.29, 0.717) is 12.6 Å². The molecule has 2 unspecified atom stereocenters. The number of aromatic nitrogens is 3. The van der Waals surface area contributed by atoms with E-state index in [1.54, 1.807) is 6.20 Å². The van der Waals surface area contributed by atoms with E-state index in [1.807, 2.05) is 26.0 Å². The number of rotatable bonds is 3. The van der Waals surface area contributed by atoms with Crippen molar-refractivity contribution >= 4 is 11.0 Å². The van der Waals surface area contributed by atoms with Gasteiger partial charge in [-0.25, -0.2) is 0 Å². The summed E-state index contributed by atoms with van der Waals surface area (Å²) in [5, 5.41) is 11.4. The first-order valence-electron chi connectivity index (χ1n) is 10.3. The van der Waals surface area contributed by atoms with Crippen LogP contribution >= 0.6 is 0 Å². The Balaban J connectivity index is 1.65. The molecule has 5 heteroatoms. The van der Waals surface area contributed by atoms with Gasteiger partial charge in [0.25, 0.3) is 0 Å². The Morgan fingerprint density at radius 1 is 1.14 bits per heavy atom. The highest BCUT2D eigenvalue weighted by Gasteiger charge is 2.37. The van der Waals surface area contributed by atoms with Crippen LogP contribution in [-0.2, 0) is 18.6 Å². The van der Waals surface area contributed by atoms with Gasteiger partial charge in [0.1, 0.15) is 5.60 Å². The lowest BCUT2D eigenvalue weighted by Crippen LogP contribution is -2.33. The molecule has 28 heavy (non-hydrogen) atoms. The number of fused-ring (bicyclic) bond motifs is 5. The van der Waals surface area contributed by atoms with Gasteiger partial charge in [0.2, 0.25) is 0 Å². The maximum absolute atomic E-state index is 11.4. The summed E-state index contributed by atoms with van der Waals surface area (Å²) in [6.07, 6.45) is 5.29. The van der Waals surface area contributed by atoms with Crippen molar-refractivity contribution in [3.63, 3.8) is 0 Å². The third kappa shape index (κ3) is 2.76. The van der Waals surface area contributed by atoms with Gasteiger partial charge in [-0.1, -0.05) is 6.07 Å². The third-order valence-corrected chi connectivity index (χ3v) is 6.53. The summed E-state index contributed by atoms with van der Waals surface area (Å²) in [7, 11) is 0. The summed E-state index contributed by atoms with van der Waals surface area (Å²) in [6.45, 7) is 8.73. The summed E-state index contributed by atoms with van der Waals surface area (Å²) >= 11 is 0. The topological polar surface area (TPSA) is 54.2 Å². The van der Waals surface area contributed by atoms with E-state index in [2.05, 4.69) is 33.5 Å². The minimum atomic E-state index is -0.988. The molecule has 5 nitrogen and oxygen atoms in total. The molecule has 5 heterocycles. The minimum Gasteiger partial charge on any atom is -0.384 e. The second-order valence-corrected chi connectivity index (χ2v) is 8.67. The zero-order valence-corrected chi connectivity index (χ0v) is 16.9. The maximum Gasteiger partial charge on any atom is 0.106 e. The molecule has 0 aromatic carbocycles. The van der Waals surface area contributed by atoms with E-state index in [-0.39, 0.29) is 0 Å². The van der Waals surface area contributed by atoms with Crippen LogP contribution in [0.15, 0.2) is 30.5 Å². The number of hydrogen-bond acceptors (Lipinski definition) is 4. The normalized spacial score (nSPS) is 21.5. The minimum absolute atomic E-state index is 0.479. The quantitative estimate of drug-likeness (QED) is 0.758. The monoisotopic (exact) mass is 376 g/mol. The van der Waals surface area contributed by atoms with Crippen molar-refractivity contribution in [1.29, 1.82) is 0 Å². The predicted molar refractivity (Wildman–Crippen MR) is 110 cm³/mol. The van der Waals surface area contributed by atoms with Gasteiger partial charge in [0.05, 0.1) is 17.6 Å². The van der Waals surface area contributed by atoms with Crippen LogP contribution in [0.2, 0.25) is 0 Å². The molecule has 3 aromatic rings. The maximum atomic E-state index is 11.4. The van der Waals surface area contributed by atoms with Gasteiger partial charge in [-0.15, -0.1) is 0 Å². The first-order valence-corrected chi connectivity index (χ1v) is 10.3. The molecule has 0 spiro atoms. The van der Waals surface area contributed by atoms with E-state index in [0.717, 1.165) is 41.0 Å². The fourth-order valence-corrected chi connectivity index (χ4v) is 5.05. The summed E-state index contributed by atoms with van der Waals surface area (Å²) in [6, 6.07) is 8.70. The van der Waals surface area contributed by atoms with Crippen LogP contribution < -0.4 is 0 Å². The molecule has 3 aromatic heterocycles. The highest BCUT2D eigenvalue weighted by Crippen LogP contribution is 2.43. The van der Waals surface area contributed by atoms with Gasteiger partial charge < -0.3 is 9.67 Å². The molecular weight excluding hydrogens is 348 g/mol. The zero-order chi connectivity index (χ0) is 19.5. The molecule has 0 bridgehead atoms. The lowest BCUT2D eigenvalue weighted by atomic mass is 9.96. The summed E-state index contributed by atoms with van der Waals surface area (Å²) < 4.78 is 2.33. The van der Waals surface area contributed by atoms with Crippen molar-refractivity contribution in [2.45, 2.75) is 58.2 Å². The molecule has 1 fully saturated rings. The molecule has 1 N–H and O–H groups in total. The van der Waals surface area contributed by atoms with E-state index < -0.39 is 5.60 Å². The zero-order valence-electron chi connectivity index (χ0n) is 16.9. The summed E-state index contributed by atoms with van der Waals surface area (Å²) in [4.78, 5) is 11.9. The first kappa shape index (κ1) is 17.8. The van der Waals surface area contributed by atoms with E-state index >= 15 is 0 Å². The fraction of sp³-hybridized carbons (Fsp3) is 0.478. The Morgan fingerprint density at radius 2 is 1.96 bits per heavy atom. The van der Waals surface area contributed by atoms with Crippen molar-refractivity contribution < 1.29 is 5.11 Å². The van der Waals surface area contributed by atoms with Crippen molar-refractivity contribution in [2.24, 2.45) is 0 Å². The molecule has 2 aliphatic heterocycles. The summed E-state index contributed by atoms with van der Waals surface area (Å²) in [5.74, 6) is 0. The van der Waals surface area contributed by atoms with Crippen molar-refractivity contribution in [2.75, 3.05) is 13.1 Å². The Bertz CT molecular complexity index is 1030. The van der Waals surface area contributed by atoms with Crippen molar-refractivity contribution in [3.05, 3.63) is 58.7 Å². The van der Waals surface area contributed by atoms with Gasteiger partial charge in [-0.2, -0.15) is 0 Å². The van der Waals surface area contributed by atoms with E-state index in [4.69, 9.17) is 4.98 Å². The smallest absolute Gasteiger partial charge is 0.106 e. The molecule has 2 aliphatic rings. The van der Waals surface area contributed by atoms with Gasteiger partial charge in [-0.05, 0) is 58.4 Å². The molecular formula is C23H28N4O. The SMILES string of the molecule is Cc1ccc(C(C)(O)Cn2c3c(c4nc(C)ccc42)C2CCCN2CC3)cn1. The van der Waals surface area contributed by atoms with Gasteiger partial charge in [0, 0.05) is 53.4 Å². The number of pyridine rings is 2. The molecule has 5 rings (SSSR count). The molecule has 2 atom stereocenters. The molecule has 0 saturated carbocycles. The molecule has 146 valence electrons. The standard InChI is InChI=1S/C23H28N4O/c1-15-6-8-17(13-24-15)23(3,28)14-27-19-10-12-26-11-4-5-18(26)21(19)22-20(27)9-7-16(2)25-22/h6-9,13,18,28H,4-5,10-12,14H2,1-3H3. The van der Waals surface area contributed by atoms with Crippen LogP contribution in [-0.4, -0.2) is 37.6 Å². The Hall–Kier alpha value is -2.24. The molecule has 0 amide bonds. The van der Waals surface area contributed by atoms with Gasteiger partial charge >= 0.3 is 0 Å². The Kier molecular flexibility index (Phi) is 4.07. The van der Waals surface area contributed by atoms with Crippen molar-refractivity contribution in [1.82, 2.24) is 19.4 Å². The fourth-order valence-electron chi connectivity index (χ4n) is 5.05. The number of nitrogens with zero attached hydrogens (tertiary/aromatic N) is 4. The molecule has 0 aliphatic carbocycles. The second kappa shape index (κ2) is 6.39.